The van der Waals surface area contributed by atoms with E-state index in [4.69, 9.17) is 21.1 Å². The number of hydrogen-bond donors (Lipinski definition) is 0. The van der Waals surface area contributed by atoms with Crippen LogP contribution in [-0.2, 0) is 23.6 Å². The lowest BCUT2D eigenvalue weighted by Gasteiger charge is -2.47. The molecule has 3 aliphatic rings. The highest BCUT2D eigenvalue weighted by Crippen LogP contribution is 2.68. The lowest BCUT2D eigenvalue weighted by molar-refractivity contribution is -0.140. The van der Waals surface area contributed by atoms with Crippen LogP contribution in [0.15, 0.2) is 52.6 Å². The van der Waals surface area contributed by atoms with E-state index in [2.05, 4.69) is 0 Å². The van der Waals surface area contributed by atoms with E-state index in [1.54, 1.807) is 37.3 Å². The van der Waals surface area contributed by atoms with Crippen molar-refractivity contribution in [2.24, 2.45) is 5.41 Å². The molecule has 132 valence electrons. The first kappa shape index (κ1) is 18.0. The minimum Gasteiger partial charge on any atom is -0.466 e. The van der Waals surface area contributed by atoms with E-state index in [-0.39, 0.29) is 17.3 Å². The fourth-order valence-electron chi connectivity index (χ4n) is 3.72. The lowest BCUT2D eigenvalue weighted by atomic mass is 9.75. The molecule has 1 unspecified atom stereocenters. The third kappa shape index (κ3) is 2.49. The second-order valence-electron chi connectivity index (χ2n) is 6.35. The number of halogens is 1. The molecule has 2 bridgehead atoms. The van der Waals surface area contributed by atoms with Crippen molar-refractivity contribution in [2.75, 3.05) is 20.4 Å². The van der Waals surface area contributed by atoms with Gasteiger partial charge in [0.05, 0.1) is 31.0 Å². The van der Waals surface area contributed by atoms with Crippen molar-refractivity contribution in [1.82, 2.24) is 0 Å². The summed E-state index contributed by atoms with van der Waals surface area (Å²) in [4.78, 5) is 24.9. The molecule has 7 heteroatoms. The number of carbonyl (C=O) groups is 2. The topological polar surface area (TPSA) is 69.7 Å². The molecule has 1 aliphatic carbocycles. The minimum atomic E-state index is -3.07. The van der Waals surface area contributed by atoms with Crippen LogP contribution in [0.4, 0.5) is 0 Å². The number of rotatable bonds is 3. The molecule has 5 nitrogen and oxygen atoms in total. The molecule has 0 saturated heterocycles. The lowest BCUT2D eigenvalue weighted by Crippen LogP contribution is -2.46. The third-order valence-electron chi connectivity index (χ3n) is 4.94. The quantitative estimate of drug-likeness (QED) is 0.595. The molecule has 2 heterocycles. The summed E-state index contributed by atoms with van der Waals surface area (Å²) in [7, 11) is -0.597. The Bertz CT molecular complexity index is 857. The molecule has 0 radical (unpaired) electrons. The zero-order chi connectivity index (χ0) is 18.4. The van der Waals surface area contributed by atoms with Crippen LogP contribution in [-0.4, -0.2) is 38.0 Å². The maximum atomic E-state index is 14.0. The summed E-state index contributed by atoms with van der Waals surface area (Å²) >= 11 is 6.42. The smallest absolute Gasteiger partial charge is 0.335 e. The minimum absolute atomic E-state index is 0.0830. The van der Waals surface area contributed by atoms with E-state index < -0.39 is 30.2 Å². The Kier molecular flexibility index (Phi) is 4.42. The van der Waals surface area contributed by atoms with Crippen molar-refractivity contribution < 1.29 is 23.6 Å². The number of esters is 2. The molecule has 0 N–H and O–H groups in total. The van der Waals surface area contributed by atoms with Gasteiger partial charge in [-0.05, 0) is 6.92 Å². The molecule has 3 atom stereocenters. The van der Waals surface area contributed by atoms with E-state index in [1.165, 1.54) is 14.2 Å². The Labute approximate surface area is 151 Å². The average Bonchev–Trinajstić information content (AvgIpc) is 2.62. The Morgan fingerprint density at radius 3 is 2.32 bits per heavy atom. The first-order valence-corrected chi connectivity index (χ1v) is 10.1. The van der Waals surface area contributed by atoms with Gasteiger partial charge >= 0.3 is 11.9 Å². The highest BCUT2D eigenvalue weighted by Gasteiger charge is 2.59. The molecule has 0 saturated carbocycles. The molecule has 1 aromatic carbocycles. The van der Waals surface area contributed by atoms with Gasteiger partial charge in [0.2, 0.25) is 0 Å². The number of methoxy groups -OCH3 is 2. The second kappa shape index (κ2) is 6.15. The average molecular weight is 381 g/mol. The van der Waals surface area contributed by atoms with Crippen LogP contribution >= 0.6 is 18.7 Å². The van der Waals surface area contributed by atoms with Crippen LogP contribution in [0.2, 0.25) is 0 Å². The molecular formula is C18H18ClO5P. The van der Waals surface area contributed by atoms with E-state index in [0.29, 0.717) is 10.3 Å². The van der Waals surface area contributed by atoms with E-state index in [1.807, 2.05) is 6.07 Å². The summed E-state index contributed by atoms with van der Waals surface area (Å²) in [6.07, 6.45) is 1.78. The van der Waals surface area contributed by atoms with E-state index in [9.17, 15) is 14.2 Å². The van der Waals surface area contributed by atoms with Crippen molar-refractivity contribution in [1.29, 1.82) is 0 Å². The van der Waals surface area contributed by atoms with Crippen LogP contribution in [0.1, 0.15) is 6.92 Å². The van der Waals surface area contributed by atoms with Crippen LogP contribution in [0.5, 0.6) is 0 Å². The first-order valence-electron chi connectivity index (χ1n) is 7.73. The van der Waals surface area contributed by atoms with Crippen molar-refractivity contribution in [3.63, 3.8) is 0 Å². The third-order valence-corrected chi connectivity index (χ3v) is 9.06. The molecule has 0 amide bonds. The number of benzene rings is 1. The zero-order valence-electron chi connectivity index (χ0n) is 14.1. The van der Waals surface area contributed by atoms with Gasteiger partial charge in [-0.1, -0.05) is 48.0 Å². The monoisotopic (exact) mass is 380 g/mol. The van der Waals surface area contributed by atoms with Gasteiger partial charge in [0.1, 0.15) is 7.14 Å². The fraction of sp³-hybridized carbons (Fsp3) is 0.333. The van der Waals surface area contributed by atoms with Gasteiger partial charge < -0.3 is 14.0 Å². The van der Waals surface area contributed by atoms with Gasteiger partial charge in [-0.15, -0.1) is 0 Å². The summed E-state index contributed by atoms with van der Waals surface area (Å²) in [5, 5.41) is 1.05. The summed E-state index contributed by atoms with van der Waals surface area (Å²) in [5.74, 6) is -1.34. The first-order chi connectivity index (χ1) is 11.8. The van der Waals surface area contributed by atoms with Gasteiger partial charge in [0.25, 0.3) is 0 Å². The van der Waals surface area contributed by atoms with E-state index in [0.717, 1.165) is 0 Å². The summed E-state index contributed by atoms with van der Waals surface area (Å²) in [5.41, 5.74) is -1.63. The molecular weight excluding hydrogens is 363 g/mol. The summed E-state index contributed by atoms with van der Waals surface area (Å²) < 4.78 is 23.7. The van der Waals surface area contributed by atoms with Crippen LogP contribution in [0, 0.1) is 5.41 Å². The van der Waals surface area contributed by atoms with Gasteiger partial charge in [-0.25, -0.2) is 9.59 Å². The number of fused-ring (bicyclic) bond motifs is 1. The number of allylic oxidation sites excluding steroid dienone is 2. The van der Waals surface area contributed by atoms with Gasteiger partial charge in [0, 0.05) is 21.9 Å². The molecule has 1 aromatic rings. The van der Waals surface area contributed by atoms with Crippen molar-refractivity contribution in [3.8, 4) is 0 Å². The van der Waals surface area contributed by atoms with Crippen LogP contribution in [0.3, 0.4) is 0 Å². The Morgan fingerprint density at radius 1 is 1.16 bits per heavy atom. The molecule has 2 aliphatic heterocycles. The largest absolute Gasteiger partial charge is 0.466 e. The Morgan fingerprint density at radius 2 is 1.76 bits per heavy atom. The molecule has 0 aromatic heterocycles. The molecule has 4 rings (SSSR count). The highest BCUT2D eigenvalue weighted by molar-refractivity contribution is 7.73. The fourth-order valence-corrected chi connectivity index (χ4v) is 7.88. The van der Waals surface area contributed by atoms with E-state index >= 15 is 0 Å². The predicted octanol–water partition coefficient (Wildman–Crippen LogP) is 2.84. The number of ether oxygens (including phenoxy) is 2. The van der Waals surface area contributed by atoms with Crippen LogP contribution < -0.4 is 5.30 Å². The standard InChI is InChI=1S/C18H18ClO5P/c1-18-10-25(22,11-7-5-4-6-8-11)12(9-13(18)19)14(16(20)23-2)15(18)17(21)24-3/h4-9,12H,10H2,1-3H3/t12-,18+,25?/m0/s1. The second-order valence-corrected chi connectivity index (χ2v) is 9.74. The number of carbonyl (C=O) groups excluding carboxylic acids is 2. The number of hydrogen-bond acceptors (Lipinski definition) is 5. The zero-order valence-corrected chi connectivity index (χ0v) is 15.8. The molecule has 25 heavy (non-hydrogen) atoms. The van der Waals surface area contributed by atoms with Gasteiger partial charge in [0.15, 0.2) is 0 Å². The maximum absolute atomic E-state index is 14.0. The van der Waals surface area contributed by atoms with Crippen molar-refractivity contribution in [3.05, 3.63) is 52.6 Å². The predicted molar refractivity (Wildman–Crippen MR) is 95.4 cm³/mol. The molecule has 0 fully saturated rings. The Balaban J connectivity index is 2.31. The van der Waals surface area contributed by atoms with Crippen LogP contribution in [0.25, 0.3) is 0 Å². The van der Waals surface area contributed by atoms with Crippen molar-refractivity contribution in [2.45, 2.75) is 12.6 Å². The van der Waals surface area contributed by atoms with Gasteiger partial charge in [-0.2, -0.15) is 0 Å². The summed E-state index contributed by atoms with van der Waals surface area (Å²) in [6.45, 7) is 1.71. The van der Waals surface area contributed by atoms with Crippen molar-refractivity contribution >= 4 is 36.0 Å². The Hall–Kier alpha value is -1.84. The highest BCUT2D eigenvalue weighted by atomic mass is 35.5. The maximum Gasteiger partial charge on any atom is 0.335 e. The van der Waals surface area contributed by atoms with Gasteiger partial charge in [-0.3, -0.25) is 0 Å². The normalized spacial score (nSPS) is 30.7. The summed E-state index contributed by atoms with van der Waals surface area (Å²) in [6, 6.07) is 8.99. The SMILES string of the molecule is COC(=O)C1=C(C(=O)OC)[C@]2(C)CP(=O)(c3ccccc3)[C@H]1C=C2Cl. The molecule has 0 spiro atoms.